The van der Waals surface area contributed by atoms with Crippen LogP contribution in [0.3, 0.4) is 0 Å². The van der Waals surface area contributed by atoms with Gasteiger partial charge in [0.2, 0.25) is 0 Å². The molecule has 0 saturated carbocycles. The molecule has 1 saturated heterocycles. The van der Waals surface area contributed by atoms with E-state index in [1.165, 1.54) is 0 Å². The topological polar surface area (TPSA) is 24.5 Å². The van der Waals surface area contributed by atoms with Gasteiger partial charge < -0.3 is 15.0 Å². The molecule has 0 spiro atoms. The molecule has 2 rings (SSSR count). The molecule has 1 aromatic rings. The van der Waals surface area contributed by atoms with Crippen molar-refractivity contribution in [2.75, 3.05) is 38.3 Å². The number of methoxy groups -OCH3 is 1. The van der Waals surface area contributed by atoms with Gasteiger partial charge in [-0.25, -0.2) is 4.39 Å². The Morgan fingerprint density at radius 1 is 1.43 bits per heavy atom. The number of anilines is 1. The first-order chi connectivity index (χ1) is 10.1. The van der Waals surface area contributed by atoms with Crippen LogP contribution in [0.5, 0.6) is 0 Å². The van der Waals surface area contributed by atoms with Gasteiger partial charge in [-0.05, 0) is 36.0 Å². The summed E-state index contributed by atoms with van der Waals surface area (Å²) in [5.41, 5.74) is 1.73. The van der Waals surface area contributed by atoms with Crippen molar-refractivity contribution < 1.29 is 9.13 Å². The van der Waals surface area contributed by atoms with Gasteiger partial charge in [0.1, 0.15) is 5.82 Å². The molecule has 1 aromatic carbocycles. The summed E-state index contributed by atoms with van der Waals surface area (Å²) in [7, 11) is 1.68. The fourth-order valence-corrected chi connectivity index (χ4v) is 2.87. The molecule has 0 radical (unpaired) electrons. The highest BCUT2D eigenvalue weighted by atomic mass is 19.1. The van der Waals surface area contributed by atoms with Crippen molar-refractivity contribution in [3.05, 3.63) is 29.6 Å². The summed E-state index contributed by atoms with van der Waals surface area (Å²) in [5, 5.41) is 3.24. The Bertz CT molecular complexity index is 450. The Hall–Kier alpha value is -1.13. The highest BCUT2D eigenvalue weighted by molar-refractivity contribution is 5.50. The quantitative estimate of drug-likeness (QED) is 0.782. The summed E-state index contributed by atoms with van der Waals surface area (Å²) in [6.07, 6.45) is 1.16. The summed E-state index contributed by atoms with van der Waals surface area (Å²) in [5.74, 6) is 1.24. The number of ether oxygens (including phenoxy) is 1. The highest BCUT2D eigenvalue weighted by Crippen LogP contribution is 2.30. The van der Waals surface area contributed by atoms with Crippen molar-refractivity contribution in [3.8, 4) is 0 Å². The van der Waals surface area contributed by atoms with Crippen LogP contribution in [0.2, 0.25) is 0 Å². The van der Waals surface area contributed by atoms with Gasteiger partial charge >= 0.3 is 0 Å². The largest absolute Gasteiger partial charge is 0.383 e. The summed E-state index contributed by atoms with van der Waals surface area (Å²) in [6.45, 7) is 8.56. The van der Waals surface area contributed by atoms with E-state index in [1.807, 2.05) is 12.1 Å². The Balaban J connectivity index is 1.93. The van der Waals surface area contributed by atoms with Gasteiger partial charge in [-0.1, -0.05) is 19.9 Å². The lowest BCUT2D eigenvalue weighted by Crippen LogP contribution is -2.22. The van der Waals surface area contributed by atoms with Gasteiger partial charge in [-0.15, -0.1) is 0 Å². The maximum Gasteiger partial charge on any atom is 0.146 e. The lowest BCUT2D eigenvalue weighted by atomic mass is 9.95. The first-order valence-electron chi connectivity index (χ1n) is 7.85. The van der Waals surface area contributed by atoms with Crippen LogP contribution in [0.15, 0.2) is 18.2 Å². The van der Waals surface area contributed by atoms with Crippen molar-refractivity contribution in [3.63, 3.8) is 0 Å². The number of hydrogen-bond donors (Lipinski definition) is 1. The zero-order valence-corrected chi connectivity index (χ0v) is 13.4. The van der Waals surface area contributed by atoms with Crippen molar-refractivity contribution in [1.29, 1.82) is 0 Å². The molecule has 1 aliphatic rings. The number of benzene rings is 1. The molecule has 1 unspecified atom stereocenters. The average Bonchev–Trinajstić information content (AvgIpc) is 2.93. The fourth-order valence-electron chi connectivity index (χ4n) is 2.87. The molecule has 1 heterocycles. The van der Waals surface area contributed by atoms with Crippen molar-refractivity contribution in [1.82, 2.24) is 5.32 Å². The van der Waals surface area contributed by atoms with E-state index < -0.39 is 0 Å². The van der Waals surface area contributed by atoms with Crippen LogP contribution >= 0.6 is 0 Å². The molecule has 21 heavy (non-hydrogen) atoms. The second-order valence-electron chi connectivity index (χ2n) is 6.19. The van der Waals surface area contributed by atoms with Gasteiger partial charge in [-0.2, -0.15) is 0 Å². The van der Waals surface area contributed by atoms with Crippen LogP contribution in [0.1, 0.15) is 25.8 Å². The molecule has 4 heteroatoms. The van der Waals surface area contributed by atoms with Crippen molar-refractivity contribution in [2.24, 2.45) is 11.8 Å². The number of nitrogens with zero attached hydrogens (tertiary/aromatic N) is 1. The molecular formula is C17H27FN2O. The first-order valence-corrected chi connectivity index (χ1v) is 7.85. The maximum atomic E-state index is 14.3. The van der Waals surface area contributed by atoms with Gasteiger partial charge in [0.05, 0.1) is 12.3 Å². The minimum atomic E-state index is -0.106. The van der Waals surface area contributed by atoms with E-state index in [0.29, 0.717) is 25.0 Å². The normalized spacial score (nSPS) is 18.7. The van der Waals surface area contributed by atoms with Gasteiger partial charge in [0.15, 0.2) is 0 Å². The summed E-state index contributed by atoms with van der Waals surface area (Å²) < 4.78 is 19.3. The molecule has 0 aliphatic carbocycles. The average molecular weight is 294 g/mol. The predicted molar refractivity (Wildman–Crippen MR) is 85.1 cm³/mol. The van der Waals surface area contributed by atoms with E-state index in [2.05, 4.69) is 24.1 Å². The maximum absolute atomic E-state index is 14.3. The van der Waals surface area contributed by atoms with Gasteiger partial charge in [0.25, 0.3) is 0 Å². The zero-order valence-electron chi connectivity index (χ0n) is 13.4. The fraction of sp³-hybridized carbons (Fsp3) is 0.647. The molecule has 1 fully saturated rings. The van der Waals surface area contributed by atoms with E-state index in [0.717, 1.165) is 37.3 Å². The van der Waals surface area contributed by atoms with Crippen LogP contribution < -0.4 is 10.2 Å². The van der Waals surface area contributed by atoms with E-state index in [9.17, 15) is 4.39 Å². The molecule has 0 bridgehead atoms. The van der Waals surface area contributed by atoms with Crippen LogP contribution in [-0.4, -0.2) is 33.4 Å². The Morgan fingerprint density at radius 3 is 2.86 bits per heavy atom. The van der Waals surface area contributed by atoms with Gasteiger partial charge in [-0.3, -0.25) is 0 Å². The Morgan fingerprint density at radius 2 is 2.24 bits per heavy atom. The third-order valence-corrected chi connectivity index (χ3v) is 4.33. The molecule has 0 amide bonds. The molecular weight excluding hydrogens is 267 g/mol. The molecule has 1 atom stereocenters. The summed E-state index contributed by atoms with van der Waals surface area (Å²) >= 11 is 0. The van der Waals surface area contributed by atoms with Crippen LogP contribution in [0, 0.1) is 17.7 Å². The monoisotopic (exact) mass is 294 g/mol. The minimum absolute atomic E-state index is 0.106. The van der Waals surface area contributed by atoms with E-state index in [4.69, 9.17) is 4.74 Å². The van der Waals surface area contributed by atoms with E-state index in [-0.39, 0.29) is 5.82 Å². The minimum Gasteiger partial charge on any atom is -0.383 e. The molecule has 3 nitrogen and oxygen atoms in total. The molecule has 118 valence electrons. The lowest BCUT2D eigenvalue weighted by Gasteiger charge is -2.21. The second kappa shape index (κ2) is 7.76. The zero-order chi connectivity index (χ0) is 15.2. The standard InChI is InChI=1S/C17H27FN2O/c1-13(2)15-6-8-20(12-15)17-5-4-14(10-16(17)18)11-19-7-9-21-3/h4-5,10,13,15,19H,6-9,11-12H2,1-3H3. The Labute approximate surface area is 127 Å². The Kier molecular flexibility index (Phi) is 6.00. The smallest absolute Gasteiger partial charge is 0.146 e. The summed E-state index contributed by atoms with van der Waals surface area (Å²) in [4.78, 5) is 2.18. The number of rotatable bonds is 7. The van der Waals surface area contributed by atoms with Crippen molar-refractivity contribution in [2.45, 2.75) is 26.8 Å². The SMILES string of the molecule is COCCNCc1ccc(N2CCC(C(C)C)C2)c(F)c1. The number of nitrogens with one attached hydrogen (secondary N) is 1. The lowest BCUT2D eigenvalue weighted by molar-refractivity contribution is 0.199. The van der Waals surface area contributed by atoms with Crippen LogP contribution in [0.4, 0.5) is 10.1 Å². The van der Waals surface area contributed by atoms with E-state index in [1.54, 1.807) is 13.2 Å². The van der Waals surface area contributed by atoms with Gasteiger partial charge in [0, 0.05) is 33.3 Å². The van der Waals surface area contributed by atoms with Crippen LogP contribution in [0.25, 0.3) is 0 Å². The third-order valence-electron chi connectivity index (χ3n) is 4.33. The highest BCUT2D eigenvalue weighted by Gasteiger charge is 2.26. The van der Waals surface area contributed by atoms with E-state index >= 15 is 0 Å². The third kappa shape index (κ3) is 4.42. The van der Waals surface area contributed by atoms with Crippen LogP contribution in [-0.2, 0) is 11.3 Å². The molecule has 1 N–H and O–H groups in total. The molecule has 1 aliphatic heterocycles. The number of halogens is 1. The number of hydrogen-bond acceptors (Lipinski definition) is 3. The molecule has 0 aromatic heterocycles. The first kappa shape index (κ1) is 16.2. The predicted octanol–water partition coefficient (Wildman–Crippen LogP) is 3.04. The van der Waals surface area contributed by atoms with Crippen molar-refractivity contribution >= 4 is 5.69 Å². The second-order valence-corrected chi connectivity index (χ2v) is 6.19. The summed E-state index contributed by atoms with van der Waals surface area (Å²) in [6, 6.07) is 5.59.